The summed E-state index contributed by atoms with van der Waals surface area (Å²) in [5.41, 5.74) is 0.688. The minimum atomic E-state index is -4.47. The van der Waals surface area contributed by atoms with Gasteiger partial charge in [0.1, 0.15) is 11.3 Å². The molecule has 0 saturated heterocycles. The standard InChI is InChI=1S/C15H14F3N5O/c1-10-13(23-7-3-2-4-12(23)20-10)14(24)19-6-9-22-8-5-11(21-22)15(16,17)18/h2-5,7-8H,6,9H2,1H3,(H,19,24). The summed E-state index contributed by atoms with van der Waals surface area (Å²) >= 11 is 0. The molecule has 3 rings (SSSR count). The first-order chi connectivity index (χ1) is 11.4. The molecule has 3 aromatic heterocycles. The summed E-state index contributed by atoms with van der Waals surface area (Å²) < 4.78 is 40.2. The Balaban J connectivity index is 1.65. The number of pyridine rings is 1. The van der Waals surface area contributed by atoms with Crippen LogP contribution in [0.1, 0.15) is 21.9 Å². The smallest absolute Gasteiger partial charge is 0.349 e. The van der Waals surface area contributed by atoms with Gasteiger partial charge in [-0.05, 0) is 25.1 Å². The molecule has 3 heterocycles. The highest BCUT2D eigenvalue weighted by Gasteiger charge is 2.33. The summed E-state index contributed by atoms with van der Waals surface area (Å²) in [6.07, 6.45) is -1.51. The Hall–Kier alpha value is -2.84. The molecule has 9 heteroatoms. The number of imidazole rings is 1. The Morgan fingerprint density at radius 3 is 2.75 bits per heavy atom. The largest absolute Gasteiger partial charge is 0.435 e. The molecule has 0 fully saturated rings. The van der Waals surface area contributed by atoms with Crippen molar-refractivity contribution in [3.63, 3.8) is 0 Å². The zero-order valence-corrected chi connectivity index (χ0v) is 12.7. The number of halogens is 3. The number of fused-ring (bicyclic) bond motifs is 1. The van der Waals surface area contributed by atoms with Crippen LogP contribution in [0.3, 0.4) is 0 Å². The monoisotopic (exact) mass is 337 g/mol. The molecule has 3 aromatic rings. The molecule has 0 atom stereocenters. The third-order valence-electron chi connectivity index (χ3n) is 3.48. The van der Waals surface area contributed by atoms with Crippen molar-refractivity contribution >= 4 is 11.6 Å². The van der Waals surface area contributed by atoms with Crippen molar-refractivity contribution < 1.29 is 18.0 Å². The Morgan fingerprint density at radius 1 is 1.25 bits per heavy atom. The second kappa shape index (κ2) is 5.99. The van der Waals surface area contributed by atoms with E-state index in [-0.39, 0.29) is 19.0 Å². The molecule has 1 N–H and O–H groups in total. The van der Waals surface area contributed by atoms with Crippen LogP contribution in [0.4, 0.5) is 13.2 Å². The molecule has 0 bridgehead atoms. The number of nitrogens with one attached hydrogen (secondary N) is 1. The molecule has 1 amide bonds. The van der Waals surface area contributed by atoms with E-state index in [0.717, 1.165) is 10.7 Å². The Morgan fingerprint density at radius 2 is 2.04 bits per heavy atom. The lowest BCUT2D eigenvalue weighted by Crippen LogP contribution is -2.29. The second-order valence-corrected chi connectivity index (χ2v) is 5.19. The average Bonchev–Trinajstić information content (AvgIpc) is 3.10. The van der Waals surface area contributed by atoms with Crippen molar-refractivity contribution in [2.75, 3.05) is 6.54 Å². The molecule has 24 heavy (non-hydrogen) atoms. The first-order valence-corrected chi connectivity index (χ1v) is 7.19. The Labute approximate surface area is 134 Å². The number of carbonyl (C=O) groups excluding carboxylic acids is 1. The van der Waals surface area contributed by atoms with E-state index in [1.54, 1.807) is 29.7 Å². The van der Waals surface area contributed by atoms with Gasteiger partial charge >= 0.3 is 6.18 Å². The molecule has 126 valence electrons. The first-order valence-electron chi connectivity index (χ1n) is 7.19. The van der Waals surface area contributed by atoms with Gasteiger partial charge in [0.25, 0.3) is 5.91 Å². The van der Waals surface area contributed by atoms with E-state index in [1.165, 1.54) is 6.20 Å². The van der Waals surface area contributed by atoms with Crippen LogP contribution in [0.2, 0.25) is 0 Å². The lowest BCUT2D eigenvalue weighted by Gasteiger charge is -2.06. The molecular formula is C15H14F3N5O. The van der Waals surface area contributed by atoms with Gasteiger partial charge in [0.05, 0.1) is 12.2 Å². The van der Waals surface area contributed by atoms with Gasteiger partial charge in [0, 0.05) is 18.9 Å². The van der Waals surface area contributed by atoms with Crippen molar-refractivity contribution in [1.29, 1.82) is 0 Å². The summed E-state index contributed by atoms with van der Waals surface area (Å²) in [7, 11) is 0. The third kappa shape index (κ3) is 3.10. The highest BCUT2D eigenvalue weighted by Crippen LogP contribution is 2.27. The number of hydrogen-bond donors (Lipinski definition) is 1. The predicted octanol–water partition coefficient (Wildman–Crippen LogP) is 2.29. The van der Waals surface area contributed by atoms with Gasteiger partial charge in [0.15, 0.2) is 5.69 Å². The predicted molar refractivity (Wildman–Crippen MR) is 79.5 cm³/mol. The average molecular weight is 337 g/mol. The van der Waals surface area contributed by atoms with Crippen LogP contribution in [0, 0.1) is 6.92 Å². The number of alkyl halides is 3. The minimum absolute atomic E-state index is 0.137. The third-order valence-corrected chi connectivity index (χ3v) is 3.48. The number of hydrogen-bond acceptors (Lipinski definition) is 3. The van der Waals surface area contributed by atoms with Crippen LogP contribution in [-0.2, 0) is 12.7 Å². The Kier molecular flexibility index (Phi) is 4.00. The van der Waals surface area contributed by atoms with Gasteiger partial charge in [-0.15, -0.1) is 0 Å². The summed E-state index contributed by atoms with van der Waals surface area (Å²) in [6.45, 7) is 2.01. The maximum Gasteiger partial charge on any atom is 0.435 e. The fraction of sp³-hybridized carbons (Fsp3) is 0.267. The van der Waals surface area contributed by atoms with E-state index in [0.29, 0.717) is 17.0 Å². The summed E-state index contributed by atoms with van der Waals surface area (Å²) in [4.78, 5) is 16.6. The van der Waals surface area contributed by atoms with Crippen molar-refractivity contribution in [3.05, 3.63) is 53.7 Å². The molecule has 0 radical (unpaired) electrons. The fourth-order valence-electron chi connectivity index (χ4n) is 2.39. The number of carbonyl (C=O) groups is 1. The lowest BCUT2D eigenvalue weighted by atomic mass is 10.3. The zero-order valence-electron chi connectivity index (χ0n) is 12.7. The number of aromatic nitrogens is 4. The molecule has 6 nitrogen and oxygen atoms in total. The minimum Gasteiger partial charge on any atom is -0.349 e. The molecule has 0 aliphatic carbocycles. The highest BCUT2D eigenvalue weighted by molar-refractivity contribution is 5.94. The molecule has 0 aliphatic rings. The van der Waals surface area contributed by atoms with Crippen LogP contribution >= 0.6 is 0 Å². The van der Waals surface area contributed by atoms with E-state index in [2.05, 4.69) is 15.4 Å². The molecule has 0 aromatic carbocycles. The molecular weight excluding hydrogens is 323 g/mol. The van der Waals surface area contributed by atoms with Crippen molar-refractivity contribution in [2.24, 2.45) is 0 Å². The van der Waals surface area contributed by atoms with E-state index < -0.39 is 11.9 Å². The van der Waals surface area contributed by atoms with Crippen LogP contribution in [-0.4, -0.2) is 31.6 Å². The number of aryl methyl sites for hydroxylation is 1. The van der Waals surface area contributed by atoms with Crippen molar-refractivity contribution in [2.45, 2.75) is 19.6 Å². The first kappa shape index (κ1) is 16.0. The van der Waals surface area contributed by atoms with Crippen LogP contribution < -0.4 is 5.32 Å². The topological polar surface area (TPSA) is 64.2 Å². The second-order valence-electron chi connectivity index (χ2n) is 5.19. The van der Waals surface area contributed by atoms with Gasteiger partial charge < -0.3 is 5.32 Å². The van der Waals surface area contributed by atoms with Crippen molar-refractivity contribution in [3.8, 4) is 0 Å². The highest BCUT2D eigenvalue weighted by atomic mass is 19.4. The SMILES string of the molecule is Cc1nc2ccccn2c1C(=O)NCCn1ccc(C(F)(F)F)n1. The maximum atomic E-state index is 12.5. The molecule has 0 unspecified atom stereocenters. The van der Waals surface area contributed by atoms with Gasteiger partial charge in [-0.2, -0.15) is 18.3 Å². The summed E-state index contributed by atoms with van der Waals surface area (Å²) in [5.74, 6) is -0.339. The lowest BCUT2D eigenvalue weighted by molar-refractivity contribution is -0.141. The molecule has 0 saturated carbocycles. The number of rotatable bonds is 4. The summed E-state index contributed by atoms with van der Waals surface area (Å²) in [6, 6.07) is 6.29. The van der Waals surface area contributed by atoms with E-state index in [9.17, 15) is 18.0 Å². The number of nitrogens with zero attached hydrogens (tertiary/aromatic N) is 4. The summed E-state index contributed by atoms with van der Waals surface area (Å²) in [5, 5.41) is 6.10. The fourth-order valence-corrected chi connectivity index (χ4v) is 2.39. The molecule has 0 spiro atoms. The molecule has 0 aliphatic heterocycles. The van der Waals surface area contributed by atoms with Crippen LogP contribution in [0.15, 0.2) is 36.7 Å². The van der Waals surface area contributed by atoms with Crippen molar-refractivity contribution in [1.82, 2.24) is 24.5 Å². The van der Waals surface area contributed by atoms with E-state index in [1.807, 2.05) is 6.07 Å². The van der Waals surface area contributed by atoms with Crippen LogP contribution in [0.5, 0.6) is 0 Å². The quantitative estimate of drug-likeness (QED) is 0.794. The zero-order chi connectivity index (χ0) is 17.3. The van der Waals surface area contributed by atoms with E-state index in [4.69, 9.17) is 0 Å². The van der Waals surface area contributed by atoms with E-state index >= 15 is 0 Å². The maximum absolute atomic E-state index is 12.5. The van der Waals surface area contributed by atoms with Gasteiger partial charge in [0.2, 0.25) is 0 Å². The van der Waals surface area contributed by atoms with Gasteiger partial charge in [-0.1, -0.05) is 6.07 Å². The normalized spacial score (nSPS) is 11.8. The van der Waals surface area contributed by atoms with Crippen LogP contribution in [0.25, 0.3) is 5.65 Å². The van der Waals surface area contributed by atoms with Gasteiger partial charge in [-0.3, -0.25) is 13.9 Å². The van der Waals surface area contributed by atoms with Gasteiger partial charge in [-0.25, -0.2) is 4.98 Å². The number of amides is 1. The Bertz CT molecular complexity index is 881.